The summed E-state index contributed by atoms with van der Waals surface area (Å²) in [5.41, 5.74) is 0. The Labute approximate surface area is 103 Å². The van der Waals surface area contributed by atoms with E-state index in [2.05, 4.69) is 0 Å². The lowest BCUT2D eigenvalue weighted by Gasteiger charge is -2.13. The normalized spacial score (nSPS) is 11.9. The number of rotatable bonds is 7. The standard InChI is InChI=1S/C14H20O3/c1-3-7-14(15)17-12(2)10-11-16-13-8-5-4-6-9-13/h4-6,8-9,12H,3,7,10-11H2,1-2H3. The second-order valence-corrected chi connectivity index (χ2v) is 4.00. The van der Waals surface area contributed by atoms with Gasteiger partial charge in [-0.05, 0) is 25.5 Å². The van der Waals surface area contributed by atoms with E-state index in [0.717, 1.165) is 12.2 Å². The summed E-state index contributed by atoms with van der Waals surface area (Å²) in [5, 5.41) is 0. The fourth-order valence-electron chi connectivity index (χ4n) is 1.41. The molecule has 0 aliphatic carbocycles. The number of carbonyl (C=O) groups is 1. The highest BCUT2D eigenvalue weighted by molar-refractivity contribution is 5.69. The smallest absolute Gasteiger partial charge is 0.306 e. The molecule has 1 atom stereocenters. The van der Waals surface area contributed by atoms with Crippen LogP contribution in [0.3, 0.4) is 0 Å². The van der Waals surface area contributed by atoms with Gasteiger partial charge in [-0.25, -0.2) is 0 Å². The molecule has 0 aromatic heterocycles. The van der Waals surface area contributed by atoms with E-state index in [0.29, 0.717) is 19.4 Å². The van der Waals surface area contributed by atoms with Gasteiger partial charge in [0.15, 0.2) is 0 Å². The van der Waals surface area contributed by atoms with E-state index >= 15 is 0 Å². The van der Waals surface area contributed by atoms with E-state index in [9.17, 15) is 4.79 Å². The summed E-state index contributed by atoms with van der Waals surface area (Å²) in [6.45, 7) is 4.41. The van der Waals surface area contributed by atoms with Gasteiger partial charge in [0.05, 0.1) is 6.61 Å². The summed E-state index contributed by atoms with van der Waals surface area (Å²) in [6.07, 6.45) is 1.94. The van der Waals surface area contributed by atoms with Crippen molar-refractivity contribution in [1.29, 1.82) is 0 Å². The average molecular weight is 236 g/mol. The Bertz CT molecular complexity index is 321. The molecular formula is C14H20O3. The molecular weight excluding hydrogens is 216 g/mol. The highest BCUT2D eigenvalue weighted by Gasteiger charge is 2.08. The van der Waals surface area contributed by atoms with Crippen molar-refractivity contribution in [3.05, 3.63) is 30.3 Å². The molecule has 0 saturated heterocycles. The van der Waals surface area contributed by atoms with Crippen LogP contribution in [0.5, 0.6) is 5.75 Å². The quantitative estimate of drug-likeness (QED) is 0.682. The zero-order chi connectivity index (χ0) is 12.5. The van der Waals surface area contributed by atoms with Gasteiger partial charge in [-0.1, -0.05) is 25.1 Å². The topological polar surface area (TPSA) is 35.5 Å². The Morgan fingerprint density at radius 1 is 1.29 bits per heavy atom. The molecule has 3 nitrogen and oxygen atoms in total. The third kappa shape index (κ3) is 5.95. The lowest BCUT2D eigenvalue weighted by atomic mass is 10.3. The second kappa shape index (κ2) is 7.71. The molecule has 3 heteroatoms. The molecule has 0 radical (unpaired) electrons. The van der Waals surface area contributed by atoms with E-state index in [1.807, 2.05) is 44.2 Å². The van der Waals surface area contributed by atoms with Crippen molar-refractivity contribution in [2.24, 2.45) is 0 Å². The third-order valence-electron chi connectivity index (χ3n) is 2.32. The van der Waals surface area contributed by atoms with Crippen molar-refractivity contribution < 1.29 is 14.3 Å². The summed E-state index contributed by atoms with van der Waals surface area (Å²) < 4.78 is 10.7. The van der Waals surface area contributed by atoms with Crippen molar-refractivity contribution in [2.45, 2.75) is 39.2 Å². The number of para-hydroxylation sites is 1. The van der Waals surface area contributed by atoms with Crippen LogP contribution in [0, 0.1) is 0 Å². The van der Waals surface area contributed by atoms with Crippen LogP contribution < -0.4 is 4.74 Å². The minimum atomic E-state index is -0.125. The molecule has 0 aliphatic heterocycles. The molecule has 0 aliphatic rings. The van der Waals surface area contributed by atoms with E-state index in [1.165, 1.54) is 0 Å². The Kier molecular flexibility index (Phi) is 6.15. The van der Waals surface area contributed by atoms with Gasteiger partial charge in [0.2, 0.25) is 0 Å². The summed E-state index contributed by atoms with van der Waals surface area (Å²) in [6, 6.07) is 9.63. The Hall–Kier alpha value is -1.51. The van der Waals surface area contributed by atoms with Gasteiger partial charge in [-0.3, -0.25) is 4.79 Å². The SMILES string of the molecule is CCCC(=O)OC(C)CCOc1ccccc1. The van der Waals surface area contributed by atoms with Crippen LogP contribution in [0.25, 0.3) is 0 Å². The predicted octanol–water partition coefficient (Wildman–Crippen LogP) is 3.19. The second-order valence-electron chi connectivity index (χ2n) is 4.00. The number of esters is 1. The van der Waals surface area contributed by atoms with Crippen molar-refractivity contribution >= 4 is 5.97 Å². The monoisotopic (exact) mass is 236 g/mol. The molecule has 0 N–H and O–H groups in total. The largest absolute Gasteiger partial charge is 0.493 e. The first kappa shape index (κ1) is 13.6. The van der Waals surface area contributed by atoms with E-state index in [-0.39, 0.29) is 12.1 Å². The molecule has 0 amide bonds. The molecule has 0 fully saturated rings. The van der Waals surface area contributed by atoms with E-state index in [1.54, 1.807) is 0 Å². The number of hydrogen-bond acceptors (Lipinski definition) is 3. The molecule has 1 aromatic carbocycles. The fraction of sp³-hybridized carbons (Fsp3) is 0.500. The first-order chi connectivity index (χ1) is 8.22. The number of ether oxygens (including phenoxy) is 2. The predicted molar refractivity (Wildman–Crippen MR) is 67.0 cm³/mol. The van der Waals surface area contributed by atoms with Gasteiger partial charge in [0.1, 0.15) is 11.9 Å². The van der Waals surface area contributed by atoms with Crippen molar-refractivity contribution in [1.82, 2.24) is 0 Å². The number of carbonyl (C=O) groups excluding carboxylic acids is 1. The summed E-state index contributed by atoms with van der Waals surface area (Å²) >= 11 is 0. The molecule has 94 valence electrons. The van der Waals surface area contributed by atoms with Crippen LogP contribution in [0.2, 0.25) is 0 Å². The highest BCUT2D eigenvalue weighted by Crippen LogP contribution is 2.09. The lowest BCUT2D eigenvalue weighted by Crippen LogP contribution is -2.17. The van der Waals surface area contributed by atoms with Gasteiger partial charge >= 0.3 is 5.97 Å². The van der Waals surface area contributed by atoms with Gasteiger partial charge in [-0.15, -0.1) is 0 Å². The van der Waals surface area contributed by atoms with Crippen molar-refractivity contribution in [2.75, 3.05) is 6.61 Å². The molecule has 1 aromatic rings. The maximum Gasteiger partial charge on any atom is 0.306 e. The summed E-state index contributed by atoms with van der Waals surface area (Å²) in [7, 11) is 0. The minimum Gasteiger partial charge on any atom is -0.493 e. The van der Waals surface area contributed by atoms with Gasteiger partial charge in [0.25, 0.3) is 0 Å². The van der Waals surface area contributed by atoms with Crippen LogP contribution in [-0.4, -0.2) is 18.7 Å². The zero-order valence-corrected chi connectivity index (χ0v) is 10.5. The fourth-order valence-corrected chi connectivity index (χ4v) is 1.41. The molecule has 1 rings (SSSR count). The average Bonchev–Trinajstić information content (AvgIpc) is 2.30. The first-order valence-corrected chi connectivity index (χ1v) is 6.09. The minimum absolute atomic E-state index is 0.0854. The molecule has 17 heavy (non-hydrogen) atoms. The number of benzene rings is 1. The molecule has 0 spiro atoms. The maximum atomic E-state index is 11.2. The molecule has 0 bridgehead atoms. The van der Waals surface area contributed by atoms with Gasteiger partial charge in [-0.2, -0.15) is 0 Å². The van der Waals surface area contributed by atoms with Gasteiger partial charge < -0.3 is 9.47 Å². The Morgan fingerprint density at radius 3 is 2.65 bits per heavy atom. The van der Waals surface area contributed by atoms with Crippen LogP contribution >= 0.6 is 0 Å². The summed E-state index contributed by atoms with van der Waals surface area (Å²) in [4.78, 5) is 11.2. The van der Waals surface area contributed by atoms with Crippen molar-refractivity contribution in [3.63, 3.8) is 0 Å². The lowest BCUT2D eigenvalue weighted by molar-refractivity contribution is -0.148. The molecule has 0 saturated carbocycles. The maximum absolute atomic E-state index is 11.2. The highest BCUT2D eigenvalue weighted by atomic mass is 16.5. The van der Waals surface area contributed by atoms with Crippen LogP contribution in [0.4, 0.5) is 0 Å². The van der Waals surface area contributed by atoms with Crippen LogP contribution in [0.1, 0.15) is 33.1 Å². The number of hydrogen-bond donors (Lipinski definition) is 0. The Balaban J connectivity index is 2.16. The van der Waals surface area contributed by atoms with Crippen LogP contribution in [0.15, 0.2) is 30.3 Å². The third-order valence-corrected chi connectivity index (χ3v) is 2.32. The van der Waals surface area contributed by atoms with E-state index in [4.69, 9.17) is 9.47 Å². The first-order valence-electron chi connectivity index (χ1n) is 6.09. The molecule has 1 unspecified atom stereocenters. The summed E-state index contributed by atoms with van der Waals surface area (Å²) in [5.74, 6) is 0.722. The Morgan fingerprint density at radius 2 is 2.00 bits per heavy atom. The zero-order valence-electron chi connectivity index (χ0n) is 10.5. The molecule has 0 heterocycles. The van der Waals surface area contributed by atoms with Gasteiger partial charge in [0, 0.05) is 12.8 Å². The van der Waals surface area contributed by atoms with Crippen molar-refractivity contribution in [3.8, 4) is 5.75 Å². The van der Waals surface area contributed by atoms with Crippen LogP contribution in [-0.2, 0) is 9.53 Å². The van der Waals surface area contributed by atoms with E-state index < -0.39 is 0 Å².